The Balaban J connectivity index is 1.35. The number of aromatic nitrogens is 2. The van der Waals surface area contributed by atoms with Gasteiger partial charge in [0.25, 0.3) is 0 Å². The molecule has 1 spiro atoms. The Bertz CT molecular complexity index is 1320. The van der Waals surface area contributed by atoms with Gasteiger partial charge in [-0.1, -0.05) is 23.7 Å². The largest absolute Gasteiger partial charge is 0.494 e. The van der Waals surface area contributed by atoms with Crippen LogP contribution in [0.2, 0.25) is 5.02 Å². The standard InChI is InChI=1S/C23H26ClN7O3S/c1-30(35(32)33)19-6-4-3-5-17(19)27-21-16(24)10-26-22(29-21)28-18-8-7-15(9-20(18)34-2)31-13-23(14-31)11-25-12-23/h3-10,25,35H,11-14H2,1-2H3,(H2,26,27,28,29). The van der Waals surface area contributed by atoms with Crippen LogP contribution in [0.15, 0.2) is 48.7 Å². The number of rotatable bonds is 8. The molecule has 184 valence electrons. The van der Waals surface area contributed by atoms with Crippen molar-refractivity contribution in [1.29, 1.82) is 0 Å². The van der Waals surface area contributed by atoms with Crippen LogP contribution in [0.5, 0.6) is 5.75 Å². The van der Waals surface area contributed by atoms with Crippen molar-refractivity contribution in [2.75, 3.05) is 60.2 Å². The summed E-state index contributed by atoms with van der Waals surface area (Å²) in [4.78, 5) is 11.1. The summed E-state index contributed by atoms with van der Waals surface area (Å²) in [6.45, 7) is 4.26. The highest BCUT2D eigenvalue weighted by Gasteiger charge is 2.47. The van der Waals surface area contributed by atoms with Crippen LogP contribution >= 0.6 is 11.6 Å². The first-order valence-electron chi connectivity index (χ1n) is 11.0. The zero-order valence-electron chi connectivity index (χ0n) is 19.3. The Kier molecular flexibility index (Phi) is 6.30. The molecular weight excluding hydrogens is 490 g/mol. The minimum atomic E-state index is -2.79. The molecular formula is C23H26ClN7O3S. The molecule has 12 heteroatoms. The number of hydrogen-bond acceptors (Lipinski definition) is 9. The van der Waals surface area contributed by atoms with Gasteiger partial charge in [0, 0.05) is 50.4 Å². The van der Waals surface area contributed by atoms with Crippen LogP contribution < -0.4 is 29.9 Å². The van der Waals surface area contributed by atoms with Crippen molar-refractivity contribution in [2.24, 2.45) is 5.41 Å². The maximum Gasteiger partial charge on any atom is 0.229 e. The van der Waals surface area contributed by atoms with Crippen LogP contribution in [0.25, 0.3) is 0 Å². The minimum Gasteiger partial charge on any atom is -0.494 e. The summed E-state index contributed by atoms with van der Waals surface area (Å²) in [5, 5.41) is 9.95. The number of hydrogen-bond donors (Lipinski definition) is 4. The van der Waals surface area contributed by atoms with Gasteiger partial charge in [-0.25, -0.2) is 13.4 Å². The highest BCUT2D eigenvalue weighted by Crippen LogP contribution is 2.40. The molecule has 0 saturated carbocycles. The third-order valence-electron chi connectivity index (χ3n) is 6.34. The number of para-hydroxylation sites is 2. The molecule has 35 heavy (non-hydrogen) atoms. The average molecular weight is 516 g/mol. The second-order valence-electron chi connectivity index (χ2n) is 8.76. The van der Waals surface area contributed by atoms with E-state index in [0.717, 1.165) is 36.2 Å². The van der Waals surface area contributed by atoms with Crippen LogP contribution in [0.4, 0.5) is 34.5 Å². The van der Waals surface area contributed by atoms with E-state index in [1.807, 2.05) is 12.1 Å². The van der Waals surface area contributed by atoms with Crippen LogP contribution in [0.1, 0.15) is 0 Å². The highest BCUT2D eigenvalue weighted by molar-refractivity contribution is 7.74. The molecule has 0 atom stereocenters. The number of benzene rings is 2. The van der Waals surface area contributed by atoms with Crippen molar-refractivity contribution in [1.82, 2.24) is 15.3 Å². The van der Waals surface area contributed by atoms with E-state index in [1.165, 1.54) is 13.2 Å². The fourth-order valence-corrected chi connectivity index (χ4v) is 4.83. The van der Waals surface area contributed by atoms with Gasteiger partial charge in [0.15, 0.2) is 5.82 Å². The molecule has 2 aliphatic rings. The first-order valence-corrected chi connectivity index (χ1v) is 12.6. The summed E-state index contributed by atoms with van der Waals surface area (Å²) in [6.07, 6.45) is 1.48. The molecule has 0 amide bonds. The molecule has 3 heterocycles. The SMILES string of the molecule is COc1cc(N2CC3(CNC3)C2)ccc1Nc1ncc(Cl)c(Nc2ccccc2N(C)[SH](=O)=O)n1. The number of ether oxygens (including phenoxy) is 1. The van der Waals surface area contributed by atoms with Crippen molar-refractivity contribution in [3.05, 3.63) is 53.7 Å². The summed E-state index contributed by atoms with van der Waals surface area (Å²) in [5.41, 5.74) is 3.27. The molecule has 3 aromatic rings. The van der Waals surface area contributed by atoms with Gasteiger partial charge in [0.2, 0.25) is 16.8 Å². The van der Waals surface area contributed by atoms with E-state index in [-0.39, 0.29) is 0 Å². The van der Waals surface area contributed by atoms with E-state index in [1.54, 1.807) is 31.4 Å². The van der Waals surface area contributed by atoms with E-state index in [2.05, 4.69) is 36.9 Å². The molecule has 2 aliphatic heterocycles. The minimum absolute atomic E-state index is 0.291. The lowest BCUT2D eigenvalue weighted by Crippen LogP contribution is -2.71. The average Bonchev–Trinajstić information content (AvgIpc) is 2.80. The van der Waals surface area contributed by atoms with Crippen molar-refractivity contribution in [3.8, 4) is 5.75 Å². The Hall–Kier alpha value is -3.28. The van der Waals surface area contributed by atoms with Crippen LogP contribution in [-0.2, 0) is 10.9 Å². The molecule has 0 aliphatic carbocycles. The maximum absolute atomic E-state index is 11.5. The predicted octanol–water partition coefficient (Wildman–Crippen LogP) is 3.00. The molecule has 10 nitrogen and oxygen atoms in total. The third-order valence-corrected chi connectivity index (χ3v) is 7.33. The number of nitrogens with zero attached hydrogens (tertiary/aromatic N) is 4. The molecule has 5 rings (SSSR count). The van der Waals surface area contributed by atoms with Crippen molar-refractivity contribution in [2.45, 2.75) is 0 Å². The molecule has 1 aromatic heterocycles. The lowest BCUT2D eigenvalue weighted by Gasteiger charge is -2.57. The van der Waals surface area contributed by atoms with Gasteiger partial charge in [0.1, 0.15) is 10.8 Å². The van der Waals surface area contributed by atoms with Crippen molar-refractivity contribution < 1.29 is 13.2 Å². The summed E-state index contributed by atoms with van der Waals surface area (Å²) >= 11 is 6.34. The normalized spacial score (nSPS) is 15.9. The lowest BCUT2D eigenvalue weighted by atomic mass is 9.74. The molecule has 2 fully saturated rings. The van der Waals surface area contributed by atoms with Crippen LogP contribution in [0, 0.1) is 5.41 Å². The van der Waals surface area contributed by atoms with Crippen molar-refractivity contribution in [3.63, 3.8) is 0 Å². The van der Waals surface area contributed by atoms with Gasteiger partial charge in [-0.05, 0) is 24.3 Å². The Morgan fingerprint density at radius 1 is 1.14 bits per heavy atom. The van der Waals surface area contributed by atoms with E-state index in [0.29, 0.717) is 45.0 Å². The summed E-state index contributed by atoms with van der Waals surface area (Å²) in [7, 11) is 0.304. The van der Waals surface area contributed by atoms with Gasteiger partial charge in [0.05, 0.1) is 30.4 Å². The third kappa shape index (κ3) is 4.66. The quantitative estimate of drug-likeness (QED) is 0.336. The van der Waals surface area contributed by atoms with Crippen LogP contribution in [0.3, 0.4) is 0 Å². The number of nitrogens with one attached hydrogen (secondary N) is 3. The topological polar surface area (TPSA) is 112 Å². The monoisotopic (exact) mass is 515 g/mol. The van der Waals surface area contributed by atoms with Gasteiger partial charge >= 0.3 is 0 Å². The molecule has 0 unspecified atom stereocenters. The number of anilines is 6. The Labute approximate surface area is 210 Å². The summed E-state index contributed by atoms with van der Waals surface area (Å²) in [5.74, 6) is 1.32. The van der Waals surface area contributed by atoms with E-state index in [9.17, 15) is 8.42 Å². The van der Waals surface area contributed by atoms with E-state index < -0.39 is 10.9 Å². The zero-order chi connectivity index (χ0) is 24.6. The first-order chi connectivity index (χ1) is 16.9. The maximum atomic E-state index is 11.5. The summed E-state index contributed by atoms with van der Waals surface area (Å²) < 4.78 is 29.7. The molecule has 0 radical (unpaired) electrons. The molecule has 2 saturated heterocycles. The lowest BCUT2D eigenvalue weighted by molar-refractivity contribution is 0.121. The Morgan fingerprint density at radius 3 is 2.60 bits per heavy atom. The second kappa shape index (κ2) is 9.40. The van der Waals surface area contributed by atoms with E-state index >= 15 is 0 Å². The fourth-order valence-electron chi connectivity index (χ4n) is 4.34. The summed E-state index contributed by atoms with van der Waals surface area (Å²) in [6, 6.07) is 13.0. The number of halogens is 1. The van der Waals surface area contributed by atoms with Crippen LogP contribution in [-0.4, -0.2) is 58.7 Å². The second-order valence-corrected chi connectivity index (χ2v) is 10.2. The van der Waals surface area contributed by atoms with Gasteiger partial charge in [-0.2, -0.15) is 4.98 Å². The Morgan fingerprint density at radius 2 is 1.91 bits per heavy atom. The molecule has 0 bridgehead atoms. The first kappa shape index (κ1) is 23.5. The highest BCUT2D eigenvalue weighted by atomic mass is 35.5. The molecule has 3 N–H and O–H groups in total. The van der Waals surface area contributed by atoms with Crippen molar-refractivity contribution >= 4 is 57.0 Å². The van der Waals surface area contributed by atoms with E-state index in [4.69, 9.17) is 16.3 Å². The zero-order valence-corrected chi connectivity index (χ0v) is 20.9. The predicted molar refractivity (Wildman–Crippen MR) is 139 cm³/mol. The number of methoxy groups -OCH3 is 1. The van der Waals surface area contributed by atoms with Gasteiger partial charge < -0.3 is 25.6 Å². The van der Waals surface area contributed by atoms with Gasteiger partial charge in [-0.15, -0.1) is 0 Å². The van der Waals surface area contributed by atoms with Gasteiger partial charge in [-0.3, -0.25) is 4.31 Å². The molecule has 2 aromatic carbocycles. The number of thiol groups is 1. The smallest absolute Gasteiger partial charge is 0.229 e. The fraction of sp³-hybridized carbons (Fsp3) is 0.304.